The van der Waals surface area contributed by atoms with Crippen molar-refractivity contribution in [2.45, 2.75) is 11.6 Å². The Morgan fingerprint density at radius 3 is 2.58 bits per heavy atom. The van der Waals surface area contributed by atoms with E-state index in [0.29, 0.717) is 36.3 Å². The van der Waals surface area contributed by atoms with Crippen LogP contribution in [0.15, 0.2) is 11.2 Å². The lowest BCUT2D eigenvalue weighted by Crippen LogP contribution is -2.24. The van der Waals surface area contributed by atoms with E-state index in [0.717, 1.165) is 6.26 Å². The third-order valence-electron chi connectivity index (χ3n) is 2.06. The fourth-order valence-electron chi connectivity index (χ4n) is 1.24. The third kappa shape index (κ3) is 6.57. The standard InChI is InChI=1S/C9H18N6O2S2/c1-18-9-13-7(6-8(14-9)15-10)11-4-3-5-12-19(2,16)17/h6,12H,3-5,10H2,1-2H3,(H2,11,13,14,15). The summed E-state index contributed by atoms with van der Waals surface area (Å²) in [7, 11) is -3.12. The molecule has 0 radical (unpaired) electrons. The molecule has 108 valence electrons. The molecule has 0 fully saturated rings. The monoisotopic (exact) mass is 306 g/mol. The van der Waals surface area contributed by atoms with Gasteiger partial charge >= 0.3 is 0 Å². The van der Waals surface area contributed by atoms with Crippen LogP contribution in [0.5, 0.6) is 0 Å². The van der Waals surface area contributed by atoms with Crippen LogP contribution in [-0.4, -0.2) is 44.0 Å². The maximum atomic E-state index is 10.9. The molecule has 0 amide bonds. The van der Waals surface area contributed by atoms with Crippen molar-refractivity contribution in [3.05, 3.63) is 6.07 Å². The van der Waals surface area contributed by atoms with E-state index in [2.05, 4.69) is 25.4 Å². The van der Waals surface area contributed by atoms with E-state index in [9.17, 15) is 8.42 Å². The lowest BCUT2D eigenvalue weighted by molar-refractivity contribution is 0.586. The molecule has 0 bridgehead atoms. The first kappa shape index (κ1) is 16.0. The van der Waals surface area contributed by atoms with Gasteiger partial charge in [-0.2, -0.15) is 0 Å². The van der Waals surface area contributed by atoms with Crippen molar-refractivity contribution in [1.29, 1.82) is 0 Å². The highest BCUT2D eigenvalue weighted by Gasteiger charge is 2.03. The molecule has 0 spiro atoms. The Labute approximate surface area is 117 Å². The lowest BCUT2D eigenvalue weighted by Gasteiger charge is -2.08. The average molecular weight is 306 g/mol. The van der Waals surface area contributed by atoms with Crippen LogP contribution in [-0.2, 0) is 10.0 Å². The zero-order valence-electron chi connectivity index (χ0n) is 10.8. The van der Waals surface area contributed by atoms with Crippen LogP contribution in [0.25, 0.3) is 0 Å². The molecule has 0 aliphatic heterocycles. The van der Waals surface area contributed by atoms with Gasteiger partial charge in [-0.15, -0.1) is 0 Å². The summed E-state index contributed by atoms with van der Waals surface area (Å²) in [5.41, 5.74) is 2.47. The topological polar surface area (TPSA) is 122 Å². The molecule has 0 aliphatic carbocycles. The second-order valence-electron chi connectivity index (χ2n) is 3.72. The van der Waals surface area contributed by atoms with Gasteiger partial charge in [-0.3, -0.25) is 0 Å². The first-order valence-electron chi connectivity index (χ1n) is 5.53. The predicted molar refractivity (Wildman–Crippen MR) is 77.6 cm³/mol. The van der Waals surface area contributed by atoms with Crippen molar-refractivity contribution < 1.29 is 8.42 Å². The summed E-state index contributed by atoms with van der Waals surface area (Å²) >= 11 is 1.41. The van der Waals surface area contributed by atoms with Crippen molar-refractivity contribution in [2.24, 2.45) is 5.84 Å². The van der Waals surface area contributed by atoms with Gasteiger partial charge in [-0.05, 0) is 12.7 Å². The summed E-state index contributed by atoms with van der Waals surface area (Å²) < 4.78 is 24.1. The number of hydrazine groups is 1. The lowest BCUT2D eigenvalue weighted by atomic mass is 10.4. The first-order valence-corrected chi connectivity index (χ1v) is 8.64. The Balaban J connectivity index is 2.44. The van der Waals surface area contributed by atoms with E-state index in [4.69, 9.17) is 5.84 Å². The van der Waals surface area contributed by atoms with E-state index in [1.165, 1.54) is 11.8 Å². The maximum Gasteiger partial charge on any atom is 0.208 e. The summed E-state index contributed by atoms with van der Waals surface area (Å²) in [4.78, 5) is 8.38. The normalized spacial score (nSPS) is 11.3. The van der Waals surface area contributed by atoms with Crippen LogP contribution in [0, 0.1) is 0 Å². The van der Waals surface area contributed by atoms with Gasteiger partial charge in [0.05, 0.1) is 6.26 Å². The molecule has 0 saturated carbocycles. The smallest absolute Gasteiger partial charge is 0.208 e. The summed E-state index contributed by atoms with van der Waals surface area (Å²) in [5, 5.41) is 3.69. The molecule has 0 atom stereocenters. The maximum absolute atomic E-state index is 10.9. The van der Waals surface area contributed by atoms with Gasteiger partial charge in [0.15, 0.2) is 5.16 Å². The number of nitrogens with two attached hydrogens (primary N) is 1. The minimum Gasteiger partial charge on any atom is -0.370 e. The van der Waals surface area contributed by atoms with Crippen molar-refractivity contribution in [3.8, 4) is 0 Å². The van der Waals surface area contributed by atoms with Crippen LogP contribution in [0.2, 0.25) is 0 Å². The van der Waals surface area contributed by atoms with Gasteiger partial charge in [-0.25, -0.2) is 29.0 Å². The predicted octanol–water partition coefficient (Wildman–Crippen LogP) is -0.165. The zero-order valence-corrected chi connectivity index (χ0v) is 12.4. The van der Waals surface area contributed by atoms with Crippen molar-refractivity contribution >= 4 is 33.4 Å². The third-order valence-corrected chi connectivity index (χ3v) is 3.34. The van der Waals surface area contributed by atoms with E-state index in [1.54, 1.807) is 6.07 Å². The number of nitrogen functional groups attached to an aromatic ring is 1. The van der Waals surface area contributed by atoms with E-state index in [1.807, 2.05) is 6.26 Å². The van der Waals surface area contributed by atoms with Gasteiger partial charge in [0.2, 0.25) is 10.0 Å². The quantitative estimate of drug-likeness (QED) is 0.172. The van der Waals surface area contributed by atoms with Gasteiger partial charge in [-0.1, -0.05) is 11.8 Å². The highest BCUT2D eigenvalue weighted by molar-refractivity contribution is 7.98. The molecule has 0 aliphatic rings. The SMILES string of the molecule is CSc1nc(NN)cc(NCCCNS(C)(=O)=O)n1. The zero-order chi connectivity index (χ0) is 14.3. The van der Waals surface area contributed by atoms with Gasteiger partial charge in [0.1, 0.15) is 11.6 Å². The van der Waals surface area contributed by atoms with Crippen LogP contribution < -0.4 is 21.3 Å². The largest absolute Gasteiger partial charge is 0.370 e. The Kier molecular flexibility index (Phi) is 6.28. The van der Waals surface area contributed by atoms with E-state index < -0.39 is 10.0 Å². The highest BCUT2D eigenvalue weighted by atomic mass is 32.2. The summed E-state index contributed by atoms with van der Waals surface area (Å²) in [6.45, 7) is 0.978. The molecular formula is C9H18N6O2S2. The molecule has 0 unspecified atom stereocenters. The van der Waals surface area contributed by atoms with Gasteiger partial charge in [0.25, 0.3) is 0 Å². The van der Waals surface area contributed by atoms with Crippen molar-refractivity contribution in [3.63, 3.8) is 0 Å². The Morgan fingerprint density at radius 1 is 1.32 bits per heavy atom. The van der Waals surface area contributed by atoms with E-state index >= 15 is 0 Å². The minimum absolute atomic E-state index is 0.383. The molecule has 0 aromatic carbocycles. The van der Waals surface area contributed by atoms with E-state index in [-0.39, 0.29) is 0 Å². The fraction of sp³-hybridized carbons (Fsp3) is 0.556. The molecule has 0 saturated heterocycles. The number of aromatic nitrogens is 2. The second-order valence-corrected chi connectivity index (χ2v) is 6.32. The van der Waals surface area contributed by atoms with Crippen molar-refractivity contribution in [1.82, 2.24) is 14.7 Å². The van der Waals surface area contributed by atoms with Gasteiger partial charge in [0, 0.05) is 19.2 Å². The number of nitrogens with one attached hydrogen (secondary N) is 3. The summed E-state index contributed by atoms with van der Waals surface area (Å²) in [5.74, 6) is 6.48. The molecule has 1 heterocycles. The minimum atomic E-state index is -3.12. The van der Waals surface area contributed by atoms with Crippen LogP contribution >= 0.6 is 11.8 Å². The summed E-state index contributed by atoms with van der Waals surface area (Å²) in [6, 6.07) is 1.68. The Bertz CT molecular complexity index is 485. The molecular weight excluding hydrogens is 288 g/mol. The molecule has 8 nitrogen and oxygen atoms in total. The number of sulfonamides is 1. The van der Waals surface area contributed by atoms with Gasteiger partial charge < -0.3 is 10.7 Å². The molecule has 5 N–H and O–H groups in total. The second kappa shape index (κ2) is 7.48. The van der Waals surface area contributed by atoms with Crippen LogP contribution in [0.4, 0.5) is 11.6 Å². The molecule has 1 aromatic rings. The number of nitrogens with zero attached hydrogens (tertiary/aromatic N) is 2. The average Bonchev–Trinajstić information content (AvgIpc) is 2.36. The Morgan fingerprint density at radius 2 is 2.00 bits per heavy atom. The van der Waals surface area contributed by atoms with Crippen LogP contribution in [0.1, 0.15) is 6.42 Å². The number of anilines is 2. The number of rotatable bonds is 8. The molecule has 1 rings (SSSR count). The molecule has 1 aromatic heterocycles. The highest BCUT2D eigenvalue weighted by Crippen LogP contribution is 2.16. The number of thioether (sulfide) groups is 1. The molecule has 10 heteroatoms. The summed E-state index contributed by atoms with van der Waals surface area (Å²) in [6.07, 6.45) is 3.65. The van der Waals surface area contributed by atoms with Crippen molar-refractivity contribution in [2.75, 3.05) is 36.3 Å². The first-order chi connectivity index (χ1) is 8.94. The van der Waals surface area contributed by atoms with Crippen LogP contribution in [0.3, 0.4) is 0 Å². The Hall–Kier alpha value is -1.10. The molecule has 19 heavy (non-hydrogen) atoms. The fourth-order valence-corrected chi connectivity index (χ4v) is 2.14. The number of hydrogen-bond donors (Lipinski definition) is 4. The number of hydrogen-bond acceptors (Lipinski definition) is 8.